The standard InChI is InChI=1S/C13H24N2/c14-7-5-10-1-3-11(4-2-10)13-6-8-15-12(13)9-13/h10-12,15H,1-9,14H2/t10?,11?,12-,13?/m1/s1. The van der Waals surface area contributed by atoms with Crippen LogP contribution in [-0.2, 0) is 0 Å². The average molecular weight is 208 g/mol. The van der Waals surface area contributed by atoms with Gasteiger partial charge in [0.2, 0.25) is 0 Å². The Morgan fingerprint density at radius 1 is 1.20 bits per heavy atom. The minimum atomic E-state index is 0.772. The maximum Gasteiger partial charge on any atom is 0.0133 e. The van der Waals surface area contributed by atoms with Gasteiger partial charge in [-0.15, -0.1) is 0 Å². The van der Waals surface area contributed by atoms with Gasteiger partial charge in [-0.2, -0.15) is 0 Å². The van der Waals surface area contributed by atoms with Gasteiger partial charge in [0, 0.05) is 6.04 Å². The molecule has 1 aliphatic heterocycles. The van der Waals surface area contributed by atoms with Gasteiger partial charge < -0.3 is 11.1 Å². The van der Waals surface area contributed by atoms with Crippen LogP contribution in [0.1, 0.15) is 44.9 Å². The third-order valence-electron chi connectivity index (χ3n) is 5.33. The van der Waals surface area contributed by atoms with Gasteiger partial charge in [-0.1, -0.05) is 12.8 Å². The molecule has 86 valence electrons. The van der Waals surface area contributed by atoms with Crippen LogP contribution in [0.25, 0.3) is 0 Å². The molecule has 0 aromatic heterocycles. The number of hydrogen-bond acceptors (Lipinski definition) is 2. The Labute approximate surface area is 93.0 Å². The highest BCUT2D eigenvalue weighted by Crippen LogP contribution is 2.61. The summed E-state index contributed by atoms with van der Waals surface area (Å²) >= 11 is 0. The molecule has 15 heavy (non-hydrogen) atoms. The molecule has 3 fully saturated rings. The average Bonchev–Trinajstić information content (AvgIpc) is 2.83. The number of piperidine rings is 1. The molecule has 0 aromatic carbocycles. The van der Waals surface area contributed by atoms with E-state index in [1.165, 1.54) is 51.5 Å². The zero-order chi connectivity index (χ0) is 10.3. The highest BCUT2D eigenvalue weighted by Gasteiger charge is 2.60. The molecule has 2 saturated carbocycles. The Morgan fingerprint density at radius 2 is 2.00 bits per heavy atom. The zero-order valence-electron chi connectivity index (χ0n) is 9.67. The first kappa shape index (κ1) is 10.1. The van der Waals surface area contributed by atoms with Crippen LogP contribution < -0.4 is 11.1 Å². The third kappa shape index (κ3) is 1.62. The summed E-state index contributed by atoms with van der Waals surface area (Å²) in [6.45, 7) is 2.18. The first-order valence-electron chi connectivity index (χ1n) is 6.78. The molecule has 1 unspecified atom stereocenters. The molecule has 0 amide bonds. The van der Waals surface area contributed by atoms with E-state index in [1.54, 1.807) is 0 Å². The van der Waals surface area contributed by atoms with Gasteiger partial charge in [0.15, 0.2) is 0 Å². The Morgan fingerprint density at radius 3 is 2.53 bits per heavy atom. The molecular formula is C13H24N2. The first-order valence-corrected chi connectivity index (χ1v) is 6.78. The molecule has 1 saturated heterocycles. The lowest BCUT2D eigenvalue weighted by molar-refractivity contribution is 0.183. The summed E-state index contributed by atoms with van der Waals surface area (Å²) in [5.41, 5.74) is 6.41. The fourth-order valence-corrected chi connectivity index (χ4v) is 4.27. The predicted octanol–water partition coefficient (Wildman–Crippen LogP) is 1.89. The van der Waals surface area contributed by atoms with Gasteiger partial charge in [-0.25, -0.2) is 0 Å². The van der Waals surface area contributed by atoms with Crippen molar-refractivity contribution >= 4 is 0 Å². The SMILES string of the molecule is NCCC1CCC(C23CCN[C@@H]2C3)CC1. The first-order chi connectivity index (χ1) is 7.35. The summed E-state index contributed by atoms with van der Waals surface area (Å²) in [5.74, 6) is 2.00. The minimum absolute atomic E-state index is 0.772. The van der Waals surface area contributed by atoms with E-state index in [0.29, 0.717) is 0 Å². The molecule has 2 heteroatoms. The summed E-state index contributed by atoms with van der Waals surface area (Å²) in [6.07, 6.45) is 10.1. The van der Waals surface area contributed by atoms with Crippen molar-refractivity contribution < 1.29 is 0 Å². The highest BCUT2D eigenvalue weighted by atomic mass is 15.1. The van der Waals surface area contributed by atoms with Crippen LogP contribution >= 0.6 is 0 Å². The van der Waals surface area contributed by atoms with E-state index in [1.807, 2.05) is 0 Å². The normalized spacial score (nSPS) is 49.0. The van der Waals surface area contributed by atoms with Gasteiger partial charge in [0.05, 0.1) is 0 Å². The van der Waals surface area contributed by atoms with Crippen molar-refractivity contribution in [2.75, 3.05) is 13.1 Å². The quantitative estimate of drug-likeness (QED) is 0.743. The fourth-order valence-electron chi connectivity index (χ4n) is 4.27. The molecule has 3 aliphatic rings. The Bertz CT molecular complexity index is 233. The van der Waals surface area contributed by atoms with Crippen molar-refractivity contribution in [1.29, 1.82) is 0 Å². The van der Waals surface area contributed by atoms with Gasteiger partial charge >= 0.3 is 0 Å². The summed E-state index contributed by atoms with van der Waals surface area (Å²) in [5, 5.41) is 3.65. The van der Waals surface area contributed by atoms with Crippen LogP contribution in [0.2, 0.25) is 0 Å². The van der Waals surface area contributed by atoms with Crippen molar-refractivity contribution in [3.63, 3.8) is 0 Å². The van der Waals surface area contributed by atoms with Crippen molar-refractivity contribution in [3.05, 3.63) is 0 Å². The molecule has 0 radical (unpaired) electrons. The molecule has 0 bridgehead atoms. The lowest BCUT2D eigenvalue weighted by atomic mass is 9.72. The van der Waals surface area contributed by atoms with Crippen LogP contribution in [0.4, 0.5) is 0 Å². The van der Waals surface area contributed by atoms with E-state index in [2.05, 4.69) is 5.32 Å². The second-order valence-corrected chi connectivity index (χ2v) is 5.99. The minimum Gasteiger partial charge on any atom is -0.330 e. The van der Waals surface area contributed by atoms with E-state index < -0.39 is 0 Å². The van der Waals surface area contributed by atoms with Crippen LogP contribution in [0, 0.1) is 17.3 Å². The van der Waals surface area contributed by atoms with Crippen molar-refractivity contribution in [1.82, 2.24) is 5.32 Å². The van der Waals surface area contributed by atoms with E-state index in [4.69, 9.17) is 5.73 Å². The summed E-state index contributed by atoms with van der Waals surface area (Å²) in [6, 6.07) is 0.911. The number of nitrogens with one attached hydrogen (secondary N) is 1. The second kappa shape index (κ2) is 3.74. The molecule has 3 rings (SSSR count). The van der Waals surface area contributed by atoms with Gasteiger partial charge in [0.1, 0.15) is 0 Å². The zero-order valence-corrected chi connectivity index (χ0v) is 9.67. The van der Waals surface area contributed by atoms with Gasteiger partial charge in [-0.05, 0) is 62.4 Å². The summed E-state index contributed by atoms with van der Waals surface area (Å²) < 4.78 is 0. The molecule has 0 spiro atoms. The van der Waals surface area contributed by atoms with Crippen LogP contribution in [0.3, 0.4) is 0 Å². The van der Waals surface area contributed by atoms with Gasteiger partial charge in [-0.3, -0.25) is 0 Å². The topological polar surface area (TPSA) is 38.0 Å². The van der Waals surface area contributed by atoms with Crippen molar-refractivity contribution in [2.24, 2.45) is 23.0 Å². The molecule has 3 N–H and O–H groups in total. The molecule has 2 aliphatic carbocycles. The van der Waals surface area contributed by atoms with E-state index in [0.717, 1.165) is 29.8 Å². The largest absolute Gasteiger partial charge is 0.330 e. The monoisotopic (exact) mass is 208 g/mol. The van der Waals surface area contributed by atoms with E-state index in [9.17, 15) is 0 Å². The van der Waals surface area contributed by atoms with E-state index in [-0.39, 0.29) is 0 Å². The molecule has 2 nitrogen and oxygen atoms in total. The second-order valence-electron chi connectivity index (χ2n) is 5.99. The lowest BCUT2D eigenvalue weighted by Crippen LogP contribution is -2.25. The number of hydrogen-bond donors (Lipinski definition) is 2. The Kier molecular flexibility index (Phi) is 2.52. The van der Waals surface area contributed by atoms with Crippen molar-refractivity contribution in [3.8, 4) is 0 Å². The van der Waals surface area contributed by atoms with Crippen LogP contribution in [-0.4, -0.2) is 19.1 Å². The Hall–Kier alpha value is -0.0800. The summed E-state index contributed by atoms with van der Waals surface area (Å²) in [7, 11) is 0. The number of rotatable bonds is 3. The van der Waals surface area contributed by atoms with Crippen LogP contribution in [0.5, 0.6) is 0 Å². The Balaban J connectivity index is 1.54. The van der Waals surface area contributed by atoms with Gasteiger partial charge in [0.25, 0.3) is 0 Å². The predicted molar refractivity (Wildman–Crippen MR) is 62.6 cm³/mol. The lowest BCUT2D eigenvalue weighted by Gasteiger charge is -2.33. The maximum atomic E-state index is 5.64. The highest BCUT2D eigenvalue weighted by molar-refractivity contribution is 5.15. The summed E-state index contributed by atoms with van der Waals surface area (Å²) in [4.78, 5) is 0. The number of nitrogens with two attached hydrogens (primary N) is 1. The fraction of sp³-hybridized carbons (Fsp3) is 1.00. The smallest absolute Gasteiger partial charge is 0.0133 e. The molecule has 2 atom stereocenters. The third-order valence-corrected chi connectivity index (χ3v) is 5.33. The molecule has 1 heterocycles. The number of fused-ring (bicyclic) bond motifs is 1. The molecular weight excluding hydrogens is 184 g/mol. The van der Waals surface area contributed by atoms with Crippen LogP contribution in [0.15, 0.2) is 0 Å². The van der Waals surface area contributed by atoms with E-state index >= 15 is 0 Å². The van der Waals surface area contributed by atoms with Crippen molar-refractivity contribution in [2.45, 2.75) is 51.0 Å². The maximum absolute atomic E-state index is 5.64. The molecule has 0 aromatic rings.